The first kappa shape index (κ1) is 13.9. The van der Waals surface area contributed by atoms with Crippen molar-refractivity contribution in [1.82, 2.24) is 4.90 Å². The monoisotopic (exact) mass is 271 g/mol. The van der Waals surface area contributed by atoms with Crippen LogP contribution in [-0.2, 0) is 17.8 Å². The van der Waals surface area contributed by atoms with Gasteiger partial charge in [-0.05, 0) is 24.0 Å². The van der Waals surface area contributed by atoms with Gasteiger partial charge in [0.25, 0.3) is 0 Å². The summed E-state index contributed by atoms with van der Waals surface area (Å²) in [4.78, 5) is 13.4. The third-order valence-corrected chi connectivity index (χ3v) is 3.33. The van der Waals surface area contributed by atoms with Crippen LogP contribution >= 0.6 is 0 Å². The molecule has 0 fully saturated rings. The largest absolute Gasteiger partial charge is 0.389 e. The Morgan fingerprint density at radius 2 is 1.89 bits per heavy atom. The van der Waals surface area contributed by atoms with Crippen LogP contribution in [0.2, 0.25) is 0 Å². The van der Waals surface area contributed by atoms with Crippen LogP contribution in [0.4, 0.5) is 13.2 Å². The summed E-state index contributed by atoms with van der Waals surface area (Å²) in [6.07, 6.45) is -4.08. The van der Waals surface area contributed by atoms with Gasteiger partial charge in [0.2, 0.25) is 5.91 Å². The smallest absolute Gasteiger partial charge is 0.338 e. The molecule has 104 valence electrons. The minimum Gasteiger partial charge on any atom is -0.338 e. The maximum atomic E-state index is 12.1. The van der Waals surface area contributed by atoms with E-state index < -0.39 is 24.9 Å². The topological polar surface area (TPSA) is 20.3 Å². The lowest BCUT2D eigenvalue weighted by Crippen LogP contribution is -2.31. The summed E-state index contributed by atoms with van der Waals surface area (Å²) in [6.45, 7) is 0.957. The molecule has 0 aromatic heterocycles. The molecule has 0 atom stereocenters. The van der Waals surface area contributed by atoms with E-state index in [1.165, 1.54) is 10.5 Å². The van der Waals surface area contributed by atoms with Gasteiger partial charge >= 0.3 is 6.18 Å². The molecule has 1 aromatic rings. The Morgan fingerprint density at radius 3 is 2.58 bits per heavy atom. The average Bonchev–Trinajstić information content (AvgIpc) is 2.57. The Labute approximate surface area is 110 Å². The molecular weight excluding hydrogens is 255 g/mol. The molecule has 2 rings (SSSR count). The van der Waals surface area contributed by atoms with Crippen molar-refractivity contribution in [2.45, 2.75) is 38.4 Å². The maximum absolute atomic E-state index is 12.1. The molecule has 0 saturated heterocycles. The second kappa shape index (κ2) is 5.63. The van der Waals surface area contributed by atoms with Gasteiger partial charge in [-0.15, -0.1) is 0 Å². The number of aryl methyl sites for hydroxylation is 1. The highest BCUT2D eigenvalue weighted by Gasteiger charge is 2.29. The van der Waals surface area contributed by atoms with Gasteiger partial charge in [-0.2, -0.15) is 13.2 Å². The molecule has 0 spiro atoms. The fourth-order valence-corrected chi connectivity index (χ4v) is 2.32. The number of amides is 1. The lowest BCUT2D eigenvalue weighted by Gasteiger charge is -2.21. The van der Waals surface area contributed by atoms with Crippen molar-refractivity contribution < 1.29 is 18.0 Å². The van der Waals surface area contributed by atoms with Gasteiger partial charge in [0, 0.05) is 19.5 Å². The quantitative estimate of drug-likeness (QED) is 0.808. The van der Waals surface area contributed by atoms with Crippen molar-refractivity contribution >= 4 is 5.91 Å². The first-order valence-electron chi connectivity index (χ1n) is 6.37. The molecule has 1 aromatic carbocycles. The molecule has 1 amide bonds. The number of hydrogen-bond donors (Lipinski definition) is 0. The Balaban J connectivity index is 2.00. The number of carbonyl (C=O) groups excluding carboxylic acids is 1. The molecule has 0 bridgehead atoms. The molecule has 0 saturated carbocycles. The first-order valence-corrected chi connectivity index (χ1v) is 6.37. The van der Waals surface area contributed by atoms with Crippen molar-refractivity contribution in [3.05, 3.63) is 35.4 Å². The standard InChI is InChI=1S/C14H16F3NO/c15-14(16,17)8-7-13(19)18-9-3-6-11-4-1-2-5-12(11)10-18/h1-2,4-5H,3,6-10H2. The molecule has 2 nitrogen and oxygen atoms in total. The molecule has 5 heteroatoms. The fourth-order valence-electron chi connectivity index (χ4n) is 2.32. The molecule has 0 N–H and O–H groups in total. The fraction of sp³-hybridized carbons (Fsp3) is 0.500. The van der Waals surface area contributed by atoms with Gasteiger partial charge < -0.3 is 4.90 Å². The number of halogens is 3. The number of alkyl halides is 3. The van der Waals surface area contributed by atoms with Gasteiger partial charge in [0.15, 0.2) is 0 Å². The number of rotatable bonds is 2. The van der Waals surface area contributed by atoms with E-state index in [4.69, 9.17) is 0 Å². The number of hydrogen-bond acceptors (Lipinski definition) is 1. The Bertz CT molecular complexity index is 456. The zero-order valence-corrected chi connectivity index (χ0v) is 10.5. The molecule has 1 aliphatic heterocycles. The number of nitrogens with zero attached hydrogens (tertiary/aromatic N) is 1. The summed E-state index contributed by atoms with van der Waals surface area (Å²) in [5, 5.41) is 0. The van der Waals surface area contributed by atoms with Gasteiger partial charge in [0.05, 0.1) is 6.42 Å². The van der Waals surface area contributed by atoms with Crippen molar-refractivity contribution in [1.29, 1.82) is 0 Å². The highest BCUT2D eigenvalue weighted by atomic mass is 19.4. The van der Waals surface area contributed by atoms with E-state index in [9.17, 15) is 18.0 Å². The average molecular weight is 271 g/mol. The van der Waals surface area contributed by atoms with E-state index in [1.54, 1.807) is 0 Å². The van der Waals surface area contributed by atoms with Crippen molar-refractivity contribution in [3.8, 4) is 0 Å². The summed E-state index contributed by atoms with van der Waals surface area (Å²) in [5.74, 6) is -0.408. The Morgan fingerprint density at radius 1 is 1.21 bits per heavy atom. The van der Waals surface area contributed by atoms with Crippen molar-refractivity contribution in [3.63, 3.8) is 0 Å². The van der Waals surface area contributed by atoms with E-state index in [2.05, 4.69) is 0 Å². The second-order valence-corrected chi connectivity index (χ2v) is 4.80. The summed E-state index contributed by atoms with van der Waals surface area (Å²) in [7, 11) is 0. The molecule has 1 heterocycles. The van der Waals surface area contributed by atoms with Crippen LogP contribution in [0.3, 0.4) is 0 Å². The summed E-state index contributed by atoms with van der Waals surface area (Å²) >= 11 is 0. The van der Waals surface area contributed by atoms with E-state index in [1.807, 2.05) is 24.3 Å². The minimum absolute atomic E-state index is 0.408. The van der Waals surface area contributed by atoms with E-state index in [0.29, 0.717) is 13.1 Å². The van der Waals surface area contributed by atoms with Crippen LogP contribution in [0, 0.1) is 0 Å². The Kier molecular flexibility index (Phi) is 4.12. The first-order chi connectivity index (χ1) is 8.96. The lowest BCUT2D eigenvalue weighted by atomic mass is 10.0. The van der Waals surface area contributed by atoms with Gasteiger partial charge in [-0.25, -0.2) is 0 Å². The number of benzene rings is 1. The molecule has 0 radical (unpaired) electrons. The van der Waals surface area contributed by atoms with Crippen molar-refractivity contribution in [2.24, 2.45) is 0 Å². The zero-order valence-electron chi connectivity index (χ0n) is 10.5. The third kappa shape index (κ3) is 3.98. The predicted octanol–water partition coefficient (Wildman–Crippen LogP) is 3.30. The minimum atomic E-state index is -4.26. The van der Waals surface area contributed by atoms with Crippen LogP contribution in [0.5, 0.6) is 0 Å². The van der Waals surface area contributed by atoms with Gasteiger partial charge in [-0.3, -0.25) is 4.79 Å². The van der Waals surface area contributed by atoms with Crippen molar-refractivity contribution in [2.75, 3.05) is 6.54 Å². The van der Waals surface area contributed by atoms with Crippen LogP contribution in [0.1, 0.15) is 30.4 Å². The molecule has 19 heavy (non-hydrogen) atoms. The highest BCUT2D eigenvalue weighted by Crippen LogP contribution is 2.23. The van der Waals surface area contributed by atoms with Crippen LogP contribution in [-0.4, -0.2) is 23.5 Å². The summed E-state index contributed by atoms with van der Waals surface area (Å²) in [5.41, 5.74) is 2.23. The van der Waals surface area contributed by atoms with Crippen LogP contribution < -0.4 is 0 Å². The maximum Gasteiger partial charge on any atom is 0.389 e. The number of carbonyl (C=O) groups is 1. The number of fused-ring (bicyclic) bond motifs is 1. The third-order valence-electron chi connectivity index (χ3n) is 3.33. The second-order valence-electron chi connectivity index (χ2n) is 4.80. The Hall–Kier alpha value is -1.52. The summed E-state index contributed by atoms with van der Waals surface area (Å²) < 4.78 is 36.4. The van der Waals surface area contributed by atoms with Crippen LogP contribution in [0.15, 0.2) is 24.3 Å². The van der Waals surface area contributed by atoms with E-state index in [0.717, 1.165) is 18.4 Å². The predicted molar refractivity (Wildman–Crippen MR) is 65.5 cm³/mol. The van der Waals surface area contributed by atoms with Gasteiger partial charge in [0.1, 0.15) is 0 Å². The van der Waals surface area contributed by atoms with E-state index in [-0.39, 0.29) is 0 Å². The molecule has 0 unspecified atom stereocenters. The van der Waals surface area contributed by atoms with E-state index >= 15 is 0 Å². The van der Waals surface area contributed by atoms with Crippen LogP contribution in [0.25, 0.3) is 0 Å². The van der Waals surface area contributed by atoms with Gasteiger partial charge in [-0.1, -0.05) is 24.3 Å². The normalized spacial score (nSPS) is 15.8. The molecular formula is C14H16F3NO. The molecule has 0 aliphatic carbocycles. The lowest BCUT2D eigenvalue weighted by molar-refractivity contribution is -0.149. The highest BCUT2D eigenvalue weighted by molar-refractivity contribution is 5.76. The zero-order chi connectivity index (χ0) is 13.9. The summed E-state index contributed by atoms with van der Waals surface area (Å²) in [6, 6.07) is 7.78. The molecule has 1 aliphatic rings. The SMILES string of the molecule is O=C(CCC(F)(F)F)N1CCCc2ccccc2C1.